The van der Waals surface area contributed by atoms with E-state index in [1.165, 1.54) is 5.56 Å². The summed E-state index contributed by atoms with van der Waals surface area (Å²) in [5, 5.41) is 7.00. The number of aryl methyl sites for hydroxylation is 1. The number of hydrogen-bond acceptors (Lipinski definition) is 3. The van der Waals surface area contributed by atoms with Crippen molar-refractivity contribution < 1.29 is 9.84 Å². The molecule has 0 fully saturated rings. The Balaban J connectivity index is 1.64. The van der Waals surface area contributed by atoms with Crippen molar-refractivity contribution in [2.75, 3.05) is 0 Å². The summed E-state index contributed by atoms with van der Waals surface area (Å²) in [6.45, 7) is 4.87. The van der Waals surface area contributed by atoms with Crippen LogP contribution in [0.1, 0.15) is 36.9 Å². The van der Waals surface area contributed by atoms with E-state index in [-0.39, 0.29) is 6.04 Å². The number of halogens is 1. The van der Waals surface area contributed by atoms with Crippen LogP contribution in [0.15, 0.2) is 53.1 Å². The molecule has 1 heterocycles. The van der Waals surface area contributed by atoms with Gasteiger partial charge in [-0.1, -0.05) is 66.1 Å². The first kappa shape index (κ1) is 16.7. The van der Waals surface area contributed by atoms with Crippen molar-refractivity contribution >= 4 is 11.6 Å². The van der Waals surface area contributed by atoms with E-state index in [0.29, 0.717) is 18.3 Å². The van der Waals surface area contributed by atoms with Crippen molar-refractivity contribution in [1.82, 2.24) is 10.1 Å². The molecular formula is C19H21ClN3O+. The smallest absolute Gasteiger partial charge is 0.282 e. The van der Waals surface area contributed by atoms with E-state index < -0.39 is 0 Å². The molecule has 0 aliphatic heterocycles. The second-order valence-corrected chi connectivity index (χ2v) is 6.22. The molecule has 124 valence electrons. The van der Waals surface area contributed by atoms with Gasteiger partial charge in [-0.15, -0.1) is 0 Å². The number of rotatable bonds is 6. The molecule has 3 aromatic rings. The zero-order chi connectivity index (χ0) is 16.9. The molecule has 0 saturated carbocycles. The van der Waals surface area contributed by atoms with Gasteiger partial charge in [0.1, 0.15) is 6.04 Å². The number of nitrogens with two attached hydrogens (primary N) is 1. The van der Waals surface area contributed by atoms with Crippen LogP contribution in [0.4, 0.5) is 0 Å². The number of benzene rings is 2. The molecule has 5 heteroatoms. The van der Waals surface area contributed by atoms with Gasteiger partial charge in [0.15, 0.2) is 6.54 Å². The van der Waals surface area contributed by atoms with Crippen molar-refractivity contribution in [2.24, 2.45) is 0 Å². The summed E-state index contributed by atoms with van der Waals surface area (Å²) < 4.78 is 5.37. The Kier molecular flexibility index (Phi) is 5.28. The van der Waals surface area contributed by atoms with E-state index in [1.54, 1.807) is 0 Å². The van der Waals surface area contributed by atoms with Gasteiger partial charge in [0.2, 0.25) is 5.82 Å². The molecule has 4 nitrogen and oxygen atoms in total. The standard InChI is InChI=1S/C19H20ClN3O/c1-3-14-8-10-15(11-9-14)19-22-18(24-23-19)12-21-13(2)16-6-4-5-7-17(16)20/h4-11,13,21H,3,12H2,1-2H3/p+1/t13-/m0/s1. The summed E-state index contributed by atoms with van der Waals surface area (Å²) in [6.07, 6.45) is 1.02. The highest BCUT2D eigenvalue weighted by molar-refractivity contribution is 6.31. The lowest BCUT2D eigenvalue weighted by Crippen LogP contribution is -2.83. The van der Waals surface area contributed by atoms with E-state index in [1.807, 2.05) is 36.4 Å². The van der Waals surface area contributed by atoms with Crippen LogP contribution in [0.3, 0.4) is 0 Å². The van der Waals surface area contributed by atoms with Crippen LogP contribution < -0.4 is 5.32 Å². The highest BCUT2D eigenvalue weighted by Gasteiger charge is 2.15. The van der Waals surface area contributed by atoms with Gasteiger partial charge in [0.25, 0.3) is 5.89 Å². The molecular weight excluding hydrogens is 322 g/mol. The monoisotopic (exact) mass is 342 g/mol. The SMILES string of the molecule is CCc1ccc(-c2noc(C[NH2+][C@@H](C)c3ccccc3Cl)n2)cc1. The van der Waals surface area contributed by atoms with E-state index in [2.05, 4.69) is 41.4 Å². The number of quaternary nitrogens is 1. The molecule has 24 heavy (non-hydrogen) atoms. The number of hydrogen-bond donors (Lipinski definition) is 1. The first-order valence-corrected chi connectivity index (χ1v) is 8.55. The molecule has 1 atom stereocenters. The number of nitrogens with zero attached hydrogens (tertiary/aromatic N) is 2. The second-order valence-electron chi connectivity index (χ2n) is 5.81. The van der Waals surface area contributed by atoms with E-state index in [4.69, 9.17) is 16.1 Å². The van der Waals surface area contributed by atoms with Gasteiger partial charge in [-0.05, 0) is 25.0 Å². The Morgan fingerprint density at radius 1 is 1.12 bits per heavy atom. The molecule has 2 aromatic carbocycles. The average molecular weight is 343 g/mol. The van der Waals surface area contributed by atoms with E-state index in [9.17, 15) is 0 Å². The fourth-order valence-corrected chi connectivity index (χ4v) is 2.90. The van der Waals surface area contributed by atoms with Crippen LogP contribution in [0.2, 0.25) is 5.02 Å². The minimum atomic E-state index is 0.220. The summed E-state index contributed by atoms with van der Waals surface area (Å²) in [5.74, 6) is 1.25. The number of aromatic nitrogens is 2. The maximum absolute atomic E-state index is 6.24. The average Bonchev–Trinajstić information content (AvgIpc) is 3.09. The maximum Gasteiger partial charge on any atom is 0.282 e. The normalized spacial score (nSPS) is 12.3. The first-order valence-electron chi connectivity index (χ1n) is 8.17. The predicted octanol–water partition coefficient (Wildman–Crippen LogP) is 3.78. The second kappa shape index (κ2) is 7.60. The van der Waals surface area contributed by atoms with Gasteiger partial charge in [0.05, 0.1) is 0 Å². The molecule has 0 bridgehead atoms. The summed E-state index contributed by atoms with van der Waals surface area (Å²) in [7, 11) is 0. The molecule has 0 saturated heterocycles. The van der Waals surface area contributed by atoms with Gasteiger partial charge < -0.3 is 9.84 Å². The Hall–Kier alpha value is -2.17. The Morgan fingerprint density at radius 3 is 2.58 bits per heavy atom. The van der Waals surface area contributed by atoms with Crippen LogP contribution in [0, 0.1) is 0 Å². The fourth-order valence-electron chi connectivity index (χ4n) is 2.59. The highest BCUT2D eigenvalue weighted by Crippen LogP contribution is 2.20. The largest absolute Gasteiger partial charge is 0.333 e. The molecule has 1 aromatic heterocycles. The van der Waals surface area contributed by atoms with Crippen LogP contribution in [0.25, 0.3) is 11.4 Å². The molecule has 2 N–H and O–H groups in total. The molecule has 3 rings (SSSR count). The van der Waals surface area contributed by atoms with E-state index in [0.717, 1.165) is 22.6 Å². The zero-order valence-electron chi connectivity index (χ0n) is 13.9. The molecule has 0 spiro atoms. The van der Waals surface area contributed by atoms with Gasteiger partial charge in [-0.25, -0.2) is 0 Å². The van der Waals surface area contributed by atoms with Crippen molar-refractivity contribution in [1.29, 1.82) is 0 Å². The van der Waals surface area contributed by atoms with Crippen LogP contribution in [-0.2, 0) is 13.0 Å². The summed E-state index contributed by atoms with van der Waals surface area (Å²) in [5.41, 5.74) is 3.37. The Labute approximate surface area is 146 Å². The van der Waals surface area contributed by atoms with Crippen LogP contribution in [-0.4, -0.2) is 10.1 Å². The molecule has 0 aliphatic carbocycles. The summed E-state index contributed by atoms with van der Waals surface area (Å²) in [6, 6.07) is 16.4. The fraction of sp³-hybridized carbons (Fsp3) is 0.263. The van der Waals surface area contributed by atoms with Gasteiger partial charge in [0, 0.05) is 16.1 Å². The maximum atomic E-state index is 6.24. The summed E-state index contributed by atoms with van der Waals surface area (Å²) in [4.78, 5) is 4.48. The quantitative estimate of drug-likeness (QED) is 0.741. The lowest BCUT2D eigenvalue weighted by Gasteiger charge is -2.10. The highest BCUT2D eigenvalue weighted by atomic mass is 35.5. The molecule has 0 aliphatic rings. The molecule has 0 unspecified atom stereocenters. The van der Waals surface area contributed by atoms with Gasteiger partial charge in [-0.2, -0.15) is 4.98 Å². The van der Waals surface area contributed by atoms with E-state index >= 15 is 0 Å². The summed E-state index contributed by atoms with van der Waals surface area (Å²) >= 11 is 6.24. The topological polar surface area (TPSA) is 55.5 Å². The van der Waals surface area contributed by atoms with Crippen LogP contribution >= 0.6 is 11.6 Å². The lowest BCUT2D eigenvalue weighted by molar-refractivity contribution is -0.710. The Morgan fingerprint density at radius 2 is 1.88 bits per heavy atom. The van der Waals surface area contributed by atoms with Crippen molar-refractivity contribution in [3.63, 3.8) is 0 Å². The van der Waals surface area contributed by atoms with Crippen molar-refractivity contribution in [3.05, 3.63) is 70.6 Å². The van der Waals surface area contributed by atoms with Gasteiger partial charge in [-0.3, -0.25) is 0 Å². The minimum Gasteiger partial charge on any atom is -0.333 e. The van der Waals surface area contributed by atoms with Crippen LogP contribution in [0.5, 0.6) is 0 Å². The molecule has 0 radical (unpaired) electrons. The Bertz CT molecular complexity index is 798. The molecule has 0 amide bonds. The van der Waals surface area contributed by atoms with Crippen molar-refractivity contribution in [2.45, 2.75) is 32.9 Å². The minimum absolute atomic E-state index is 0.220. The van der Waals surface area contributed by atoms with Gasteiger partial charge >= 0.3 is 0 Å². The zero-order valence-corrected chi connectivity index (χ0v) is 14.6. The third-order valence-electron chi connectivity index (χ3n) is 4.13. The van der Waals surface area contributed by atoms with Crippen molar-refractivity contribution in [3.8, 4) is 11.4 Å². The first-order chi connectivity index (χ1) is 11.7. The third-order valence-corrected chi connectivity index (χ3v) is 4.47. The lowest BCUT2D eigenvalue weighted by atomic mass is 10.1. The predicted molar refractivity (Wildman–Crippen MR) is 94.6 cm³/mol. The third kappa shape index (κ3) is 3.83.